The van der Waals surface area contributed by atoms with Gasteiger partial charge in [0.15, 0.2) is 5.75 Å². The highest BCUT2D eigenvalue weighted by Crippen LogP contribution is 2.38. The summed E-state index contributed by atoms with van der Waals surface area (Å²) in [6, 6.07) is 7.03. The first-order valence-corrected chi connectivity index (χ1v) is 11.6. The van der Waals surface area contributed by atoms with E-state index in [1.54, 1.807) is 12.1 Å². The van der Waals surface area contributed by atoms with E-state index in [1.165, 1.54) is 37.8 Å². The number of rotatable bonds is 8. The summed E-state index contributed by atoms with van der Waals surface area (Å²) in [6.07, 6.45) is -0.627. The van der Waals surface area contributed by atoms with Crippen LogP contribution in [0.3, 0.4) is 0 Å². The summed E-state index contributed by atoms with van der Waals surface area (Å²) in [7, 11) is 1.40. The van der Waals surface area contributed by atoms with Gasteiger partial charge in [0, 0.05) is 4.47 Å². The molecule has 4 rings (SSSR count). The maximum Gasteiger partial charge on any atom is 0.418 e. The summed E-state index contributed by atoms with van der Waals surface area (Å²) in [4.78, 5) is 36.7. The molecule has 0 atom stereocenters. The number of hydrogen-bond donors (Lipinski definition) is 3. The first-order chi connectivity index (χ1) is 17.6. The minimum atomic E-state index is -4.54. The molecule has 37 heavy (non-hydrogen) atoms. The zero-order valence-electron chi connectivity index (χ0n) is 19.2. The summed E-state index contributed by atoms with van der Waals surface area (Å²) in [6.45, 7) is 0.0516. The number of carbonyl (C=O) groups excluding carboxylic acids is 2. The minimum Gasteiger partial charge on any atom is -0.467 e. The van der Waals surface area contributed by atoms with Gasteiger partial charge in [0.25, 0.3) is 0 Å². The third-order valence-corrected chi connectivity index (χ3v) is 5.84. The van der Waals surface area contributed by atoms with E-state index < -0.39 is 29.3 Å². The van der Waals surface area contributed by atoms with Crippen LogP contribution in [0.1, 0.15) is 24.1 Å². The minimum absolute atomic E-state index is 0.0516. The molecule has 2 heterocycles. The monoisotopic (exact) mass is 580 g/mol. The highest BCUT2D eigenvalue weighted by molar-refractivity contribution is 9.10. The number of pyridine rings is 1. The van der Waals surface area contributed by atoms with Crippen LogP contribution in [0.2, 0.25) is 0 Å². The van der Waals surface area contributed by atoms with Gasteiger partial charge in [-0.15, -0.1) is 0 Å². The summed E-state index contributed by atoms with van der Waals surface area (Å²) in [5, 5.41) is 7.97. The molecule has 14 heteroatoms. The van der Waals surface area contributed by atoms with Gasteiger partial charge in [0.05, 0.1) is 54.9 Å². The largest absolute Gasteiger partial charge is 0.467 e. The second-order valence-electron chi connectivity index (χ2n) is 8.04. The Kier molecular flexibility index (Phi) is 7.47. The van der Waals surface area contributed by atoms with Gasteiger partial charge < -0.3 is 25.4 Å². The lowest BCUT2D eigenvalue weighted by molar-refractivity contribution is -0.137. The molecular formula is C23H20BrF3N6O4. The van der Waals surface area contributed by atoms with Crippen molar-refractivity contribution < 1.29 is 32.2 Å². The molecule has 1 aliphatic carbocycles. The molecule has 2 amide bonds. The van der Waals surface area contributed by atoms with Crippen LogP contribution in [0.4, 0.5) is 29.3 Å². The van der Waals surface area contributed by atoms with E-state index in [9.17, 15) is 22.8 Å². The Labute approximate surface area is 217 Å². The zero-order chi connectivity index (χ0) is 26.6. The van der Waals surface area contributed by atoms with Gasteiger partial charge in [-0.25, -0.2) is 4.79 Å². The molecule has 0 radical (unpaired) electrons. The fourth-order valence-electron chi connectivity index (χ4n) is 3.28. The number of benzene rings is 1. The fraction of sp³-hybridized carbons (Fsp3) is 0.261. The third-order valence-electron chi connectivity index (χ3n) is 5.34. The average molecular weight is 581 g/mol. The van der Waals surface area contributed by atoms with Gasteiger partial charge in [-0.05, 0) is 43.2 Å². The number of nitrogens with one attached hydrogen (secondary N) is 3. The molecule has 0 spiro atoms. The Morgan fingerprint density at radius 3 is 2.41 bits per heavy atom. The van der Waals surface area contributed by atoms with E-state index in [0.29, 0.717) is 28.7 Å². The molecule has 1 saturated carbocycles. The first kappa shape index (κ1) is 26.1. The van der Waals surface area contributed by atoms with E-state index in [2.05, 4.69) is 46.8 Å². The average Bonchev–Trinajstić information content (AvgIpc) is 3.64. The number of aromatic nitrogens is 3. The Bertz CT molecular complexity index is 1290. The van der Waals surface area contributed by atoms with Crippen LogP contribution < -0.4 is 25.4 Å². The highest BCUT2D eigenvalue weighted by Gasteiger charge is 2.51. The van der Waals surface area contributed by atoms with E-state index in [-0.39, 0.29) is 24.0 Å². The third kappa shape index (κ3) is 6.64. The topological polar surface area (TPSA) is 127 Å². The second kappa shape index (κ2) is 10.6. The number of methoxy groups -OCH3 is 1. The molecule has 3 N–H and O–H groups in total. The lowest BCUT2D eigenvalue weighted by Crippen LogP contribution is -2.49. The lowest BCUT2D eigenvalue weighted by Gasteiger charge is -2.17. The molecule has 1 aliphatic rings. The number of halogens is 4. The molecule has 2 aromatic heterocycles. The molecule has 194 valence electrons. The van der Waals surface area contributed by atoms with Crippen molar-refractivity contribution in [1.29, 1.82) is 0 Å². The van der Waals surface area contributed by atoms with Crippen LogP contribution in [0.15, 0.2) is 53.4 Å². The number of nitrogens with zero attached hydrogens (tertiary/aromatic N) is 3. The molecule has 0 unspecified atom stereocenters. The normalized spacial score (nSPS) is 13.9. The van der Waals surface area contributed by atoms with Crippen LogP contribution in [0.5, 0.6) is 11.8 Å². The fourth-order valence-corrected chi connectivity index (χ4v) is 3.64. The standard InChI is InChI=1S/C23H20BrF3N6O4/c1-36-20-30-11-16(12-31-20)37-21(35)33-22(6-7-22)19(34)29-9-14-3-4-15(10-28-14)32-18-5-2-13(24)8-17(18)23(25,26)27/h2-5,8,10-12,32H,6-7,9H2,1H3,(H,29,34)(H,33,35). The van der Waals surface area contributed by atoms with Crippen LogP contribution in [-0.2, 0) is 17.5 Å². The van der Waals surface area contributed by atoms with Gasteiger partial charge >= 0.3 is 18.3 Å². The number of carbonyl (C=O) groups is 2. The number of hydrogen-bond acceptors (Lipinski definition) is 8. The highest BCUT2D eigenvalue weighted by atomic mass is 79.9. The Balaban J connectivity index is 1.30. The Morgan fingerprint density at radius 2 is 1.81 bits per heavy atom. The molecule has 3 aromatic rings. The van der Waals surface area contributed by atoms with Crippen LogP contribution >= 0.6 is 15.9 Å². The maximum atomic E-state index is 13.3. The van der Waals surface area contributed by atoms with E-state index in [0.717, 1.165) is 6.07 Å². The summed E-state index contributed by atoms with van der Waals surface area (Å²) >= 11 is 3.05. The Morgan fingerprint density at radius 1 is 1.08 bits per heavy atom. The predicted molar refractivity (Wildman–Crippen MR) is 128 cm³/mol. The van der Waals surface area contributed by atoms with Crippen LogP contribution in [0.25, 0.3) is 0 Å². The second-order valence-corrected chi connectivity index (χ2v) is 8.95. The lowest BCUT2D eigenvalue weighted by atomic mass is 10.1. The van der Waals surface area contributed by atoms with E-state index in [4.69, 9.17) is 9.47 Å². The van der Waals surface area contributed by atoms with Crippen LogP contribution in [-0.4, -0.2) is 39.6 Å². The quantitative estimate of drug-likeness (QED) is 0.359. The molecule has 0 saturated heterocycles. The smallest absolute Gasteiger partial charge is 0.418 e. The van der Waals surface area contributed by atoms with Gasteiger partial charge in [0.2, 0.25) is 5.91 Å². The summed E-state index contributed by atoms with van der Waals surface area (Å²) in [5.74, 6) is -0.331. The number of amides is 2. The summed E-state index contributed by atoms with van der Waals surface area (Å²) in [5.41, 5.74) is -1.22. The van der Waals surface area contributed by atoms with Gasteiger partial charge in [-0.2, -0.15) is 23.1 Å². The van der Waals surface area contributed by atoms with Crippen molar-refractivity contribution >= 4 is 39.3 Å². The van der Waals surface area contributed by atoms with Crippen molar-refractivity contribution in [3.63, 3.8) is 0 Å². The van der Waals surface area contributed by atoms with Gasteiger partial charge in [-0.1, -0.05) is 15.9 Å². The van der Waals surface area contributed by atoms with Gasteiger partial charge in [0.1, 0.15) is 5.54 Å². The van der Waals surface area contributed by atoms with Crippen molar-refractivity contribution in [2.75, 3.05) is 12.4 Å². The van der Waals surface area contributed by atoms with Crippen molar-refractivity contribution in [1.82, 2.24) is 25.6 Å². The Hall–Kier alpha value is -3.94. The molecule has 0 bridgehead atoms. The van der Waals surface area contributed by atoms with Gasteiger partial charge in [-0.3, -0.25) is 9.78 Å². The molecule has 1 aromatic carbocycles. The molecule has 1 fully saturated rings. The van der Waals surface area contributed by atoms with Crippen LogP contribution in [0, 0.1) is 0 Å². The number of ether oxygens (including phenoxy) is 2. The first-order valence-electron chi connectivity index (χ1n) is 10.8. The number of alkyl halides is 3. The number of anilines is 2. The van der Waals surface area contributed by atoms with E-state index >= 15 is 0 Å². The summed E-state index contributed by atoms with van der Waals surface area (Å²) < 4.78 is 50.2. The SMILES string of the molecule is COc1ncc(OC(=O)NC2(C(=O)NCc3ccc(Nc4ccc(Br)cc4C(F)(F)F)cn3)CC2)cn1. The maximum absolute atomic E-state index is 13.3. The van der Waals surface area contributed by atoms with Crippen molar-refractivity contribution in [2.45, 2.75) is 31.1 Å². The van der Waals surface area contributed by atoms with Crippen molar-refractivity contribution in [3.8, 4) is 11.8 Å². The van der Waals surface area contributed by atoms with Crippen molar-refractivity contribution in [3.05, 3.63) is 64.7 Å². The molecule has 0 aliphatic heterocycles. The molecular weight excluding hydrogens is 561 g/mol. The predicted octanol–water partition coefficient (Wildman–Crippen LogP) is 4.34. The molecule has 10 nitrogen and oxygen atoms in total. The zero-order valence-corrected chi connectivity index (χ0v) is 20.8. The van der Waals surface area contributed by atoms with Crippen molar-refractivity contribution in [2.24, 2.45) is 0 Å². The van der Waals surface area contributed by atoms with E-state index in [1.807, 2.05) is 0 Å².